The quantitative estimate of drug-likeness (QED) is 0.713. The van der Waals surface area contributed by atoms with Crippen molar-refractivity contribution in [3.05, 3.63) is 52.5 Å². The van der Waals surface area contributed by atoms with Crippen LogP contribution in [-0.4, -0.2) is 20.1 Å². The van der Waals surface area contributed by atoms with Crippen LogP contribution in [0.4, 0.5) is 0 Å². The minimum Gasteiger partial charge on any atom is -0.386 e. The maximum Gasteiger partial charge on any atom is 0.222 e. The van der Waals surface area contributed by atoms with E-state index in [1.165, 1.54) is 6.20 Å². The van der Waals surface area contributed by atoms with Gasteiger partial charge >= 0.3 is 0 Å². The summed E-state index contributed by atoms with van der Waals surface area (Å²) in [6, 6.07) is 7.58. The lowest BCUT2D eigenvalue weighted by atomic mass is 9.98. The third kappa shape index (κ3) is 2.90. The standard InChI is InChI=1S/C16H13Cl2N3O/c1-16(2,22)11-6-10-5-9(3-4-13(10)19-7-11)14-12(17)8-20-15(18)21-14/h3-8,22H,1-2H3. The summed E-state index contributed by atoms with van der Waals surface area (Å²) in [5.74, 6) is 0. The molecule has 0 bridgehead atoms. The highest BCUT2D eigenvalue weighted by atomic mass is 35.5. The van der Waals surface area contributed by atoms with Gasteiger partial charge in [0.1, 0.15) is 0 Å². The first kappa shape index (κ1) is 15.2. The molecule has 0 saturated carbocycles. The van der Waals surface area contributed by atoms with Crippen molar-refractivity contribution in [2.45, 2.75) is 19.4 Å². The Morgan fingerprint density at radius 3 is 2.55 bits per heavy atom. The van der Waals surface area contributed by atoms with Gasteiger partial charge in [-0.1, -0.05) is 17.7 Å². The zero-order valence-corrected chi connectivity index (χ0v) is 13.5. The second-order valence-corrected chi connectivity index (χ2v) is 6.27. The summed E-state index contributed by atoms with van der Waals surface area (Å²) < 4.78 is 0. The van der Waals surface area contributed by atoms with Gasteiger partial charge in [-0.05, 0) is 43.6 Å². The molecule has 0 aliphatic rings. The van der Waals surface area contributed by atoms with Crippen LogP contribution in [0.5, 0.6) is 0 Å². The van der Waals surface area contributed by atoms with E-state index in [-0.39, 0.29) is 5.28 Å². The molecule has 1 N–H and O–H groups in total. The SMILES string of the molecule is CC(C)(O)c1cnc2ccc(-c3nc(Cl)ncc3Cl)cc2c1. The van der Waals surface area contributed by atoms with Crippen molar-refractivity contribution in [3.8, 4) is 11.3 Å². The molecule has 3 aromatic rings. The van der Waals surface area contributed by atoms with Crippen LogP contribution in [0.1, 0.15) is 19.4 Å². The molecule has 0 saturated heterocycles. The van der Waals surface area contributed by atoms with Crippen molar-refractivity contribution < 1.29 is 5.11 Å². The van der Waals surface area contributed by atoms with E-state index >= 15 is 0 Å². The summed E-state index contributed by atoms with van der Waals surface area (Å²) in [6.07, 6.45) is 3.15. The van der Waals surface area contributed by atoms with Gasteiger partial charge in [0.05, 0.1) is 28.0 Å². The number of aliphatic hydroxyl groups is 1. The molecule has 0 radical (unpaired) electrons. The van der Waals surface area contributed by atoms with Gasteiger partial charge in [0.15, 0.2) is 0 Å². The van der Waals surface area contributed by atoms with E-state index in [0.29, 0.717) is 10.7 Å². The van der Waals surface area contributed by atoms with Crippen LogP contribution in [0.3, 0.4) is 0 Å². The van der Waals surface area contributed by atoms with Crippen LogP contribution in [0.2, 0.25) is 10.3 Å². The smallest absolute Gasteiger partial charge is 0.222 e. The largest absolute Gasteiger partial charge is 0.386 e. The van der Waals surface area contributed by atoms with Gasteiger partial charge in [-0.15, -0.1) is 0 Å². The van der Waals surface area contributed by atoms with Crippen molar-refractivity contribution in [1.29, 1.82) is 0 Å². The molecule has 2 aromatic heterocycles. The molecule has 112 valence electrons. The molecule has 0 amide bonds. The van der Waals surface area contributed by atoms with Crippen LogP contribution >= 0.6 is 23.2 Å². The van der Waals surface area contributed by atoms with Crippen LogP contribution < -0.4 is 0 Å². The molecule has 0 aliphatic heterocycles. The first-order chi connectivity index (χ1) is 10.3. The fourth-order valence-electron chi connectivity index (χ4n) is 2.16. The summed E-state index contributed by atoms with van der Waals surface area (Å²) in [5.41, 5.74) is 2.00. The van der Waals surface area contributed by atoms with Crippen molar-refractivity contribution in [2.24, 2.45) is 0 Å². The maximum atomic E-state index is 10.1. The fourth-order valence-corrected chi connectivity index (χ4v) is 2.49. The third-order valence-corrected chi connectivity index (χ3v) is 3.83. The van der Waals surface area contributed by atoms with E-state index in [1.54, 1.807) is 20.0 Å². The summed E-state index contributed by atoms with van der Waals surface area (Å²) in [4.78, 5) is 12.4. The van der Waals surface area contributed by atoms with Gasteiger partial charge in [0.25, 0.3) is 0 Å². The Kier molecular flexibility index (Phi) is 3.77. The van der Waals surface area contributed by atoms with Crippen molar-refractivity contribution in [2.75, 3.05) is 0 Å². The predicted molar refractivity (Wildman–Crippen MR) is 88.0 cm³/mol. The molecular formula is C16H13Cl2N3O. The zero-order chi connectivity index (χ0) is 15.9. The monoisotopic (exact) mass is 333 g/mol. The van der Waals surface area contributed by atoms with Crippen LogP contribution in [0.25, 0.3) is 22.2 Å². The molecule has 0 atom stereocenters. The number of rotatable bonds is 2. The molecule has 1 aromatic carbocycles. The van der Waals surface area contributed by atoms with Gasteiger partial charge in [-0.25, -0.2) is 9.97 Å². The topological polar surface area (TPSA) is 58.9 Å². The van der Waals surface area contributed by atoms with E-state index in [4.69, 9.17) is 23.2 Å². The van der Waals surface area contributed by atoms with E-state index in [2.05, 4.69) is 15.0 Å². The van der Waals surface area contributed by atoms with Gasteiger partial charge in [-0.2, -0.15) is 0 Å². The minimum atomic E-state index is -0.951. The van der Waals surface area contributed by atoms with Crippen molar-refractivity contribution >= 4 is 34.1 Å². The predicted octanol–water partition coefficient (Wildman–Crippen LogP) is 4.23. The number of benzene rings is 1. The van der Waals surface area contributed by atoms with Crippen LogP contribution in [0, 0.1) is 0 Å². The lowest BCUT2D eigenvalue weighted by molar-refractivity contribution is 0.0784. The first-order valence-electron chi connectivity index (χ1n) is 6.66. The van der Waals surface area contributed by atoms with E-state index in [0.717, 1.165) is 22.0 Å². The second-order valence-electron chi connectivity index (χ2n) is 5.53. The summed E-state index contributed by atoms with van der Waals surface area (Å²) in [6.45, 7) is 3.45. The van der Waals surface area contributed by atoms with Crippen molar-refractivity contribution in [1.82, 2.24) is 15.0 Å². The molecule has 0 unspecified atom stereocenters. The Bertz CT molecular complexity index is 860. The third-order valence-electron chi connectivity index (χ3n) is 3.38. The number of hydrogen-bond donors (Lipinski definition) is 1. The highest BCUT2D eigenvalue weighted by molar-refractivity contribution is 6.33. The number of aromatic nitrogens is 3. The summed E-state index contributed by atoms with van der Waals surface area (Å²) in [7, 11) is 0. The Balaban J connectivity index is 2.18. The Morgan fingerprint density at radius 1 is 1.05 bits per heavy atom. The van der Waals surface area contributed by atoms with Crippen molar-refractivity contribution in [3.63, 3.8) is 0 Å². The average molecular weight is 334 g/mol. The Morgan fingerprint density at radius 2 is 1.82 bits per heavy atom. The second kappa shape index (κ2) is 5.47. The molecule has 0 aliphatic carbocycles. The van der Waals surface area contributed by atoms with E-state index in [1.807, 2.05) is 24.3 Å². The van der Waals surface area contributed by atoms with Gasteiger partial charge in [0.2, 0.25) is 5.28 Å². The van der Waals surface area contributed by atoms with Crippen LogP contribution in [0.15, 0.2) is 36.7 Å². The normalized spacial score (nSPS) is 11.9. The lowest BCUT2D eigenvalue weighted by Crippen LogP contribution is -2.15. The molecular weight excluding hydrogens is 321 g/mol. The average Bonchev–Trinajstić information content (AvgIpc) is 2.47. The molecule has 3 rings (SSSR count). The number of fused-ring (bicyclic) bond motifs is 1. The maximum absolute atomic E-state index is 10.1. The highest BCUT2D eigenvalue weighted by Crippen LogP contribution is 2.30. The Hall–Kier alpha value is -1.75. The number of nitrogens with zero attached hydrogens (tertiary/aromatic N) is 3. The molecule has 6 heteroatoms. The van der Waals surface area contributed by atoms with E-state index < -0.39 is 5.60 Å². The molecule has 0 spiro atoms. The summed E-state index contributed by atoms with van der Waals surface area (Å²) in [5, 5.41) is 11.6. The number of halogens is 2. The highest BCUT2D eigenvalue weighted by Gasteiger charge is 2.17. The zero-order valence-electron chi connectivity index (χ0n) is 12.0. The Labute approximate surface area is 137 Å². The molecule has 4 nitrogen and oxygen atoms in total. The van der Waals surface area contributed by atoms with Crippen LogP contribution in [-0.2, 0) is 5.60 Å². The number of hydrogen-bond acceptors (Lipinski definition) is 4. The van der Waals surface area contributed by atoms with Gasteiger partial charge in [0, 0.05) is 22.7 Å². The van der Waals surface area contributed by atoms with E-state index in [9.17, 15) is 5.11 Å². The van der Waals surface area contributed by atoms with Gasteiger partial charge in [-0.3, -0.25) is 4.98 Å². The molecule has 22 heavy (non-hydrogen) atoms. The van der Waals surface area contributed by atoms with Gasteiger partial charge < -0.3 is 5.11 Å². The molecule has 2 heterocycles. The minimum absolute atomic E-state index is 0.142. The fraction of sp³-hybridized carbons (Fsp3) is 0.188. The first-order valence-corrected chi connectivity index (χ1v) is 7.41. The lowest BCUT2D eigenvalue weighted by Gasteiger charge is -2.17. The number of pyridine rings is 1. The summed E-state index contributed by atoms with van der Waals surface area (Å²) >= 11 is 12.0. The molecule has 0 fully saturated rings.